The van der Waals surface area contributed by atoms with E-state index in [0.717, 1.165) is 22.5 Å². The summed E-state index contributed by atoms with van der Waals surface area (Å²) in [7, 11) is -2.14. The number of carbonyl (C=O) groups excluding carboxylic acids is 1. The van der Waals surface area contributed by atoms with E-state index in [1.807, 2.05) is 36.7 Å². The van der Waals surface area contributed by atoms with Gasteiger partial charge in [-0.2, -0.15) is 9.40 Å². The van der Waals surface area contributed by atoms with E-state index in [2.05, 4.69) is 22.5 Å². The Hall–Kier alpha value is -3.17. The molecular formula is C26H32N4O4S. The highest BCUT2D eigenvalue weighted by Crippen LogP contribution is 2.25. The average Bonchev–Trinajstić information content (AvgIpc) is 3.15. The van der Waals surface area contributed by atoms with Crippen molar-refractivity contribution >= 4 is 15.9 Å². The Kier molecular flexibility index (Phi) is 7.57. The molecule has 2 heterocycles. The average molecular weight is 497 g/mol. The molecule has 1 fully saturated rings. The topological polar surface area (TPSA) is 93.5 Å². The van der Waals surface area contributed by atoms with Crippen molar-refractivity contribution in [3.63, 3.8) is 0 Å². The van der Waals surface area contributed by atoms with E-state index in [1.165, 1.54) is 23.5 Å². The fraction of sp³-hybridized carbons (Fsp3) is 0.385. The first-order valence-electron chi connectivity index (χ1n) is 11.8. The first-order chi connectivity index (χ1) is 16.8. The zero-order chi connectivity index (χ0) is 25.0. The minimum atomic E-state index is -3.68. The third-order valence-corrected chi connectivity index (χ3v) is 8.48. The number of aryl methyl sites for hydroxylation is 1. The van der Waals surface area contributed by atoms with Gasteiger partial charge in [-0.05, 0) is 56.5 Å². The van der Waals surface area contributed by atoms with E-state index < -0.39 is 15.9 Å². The molecule has 35 heavy (non-hydrogen) atoms. The Morgan fingerprint density at radius 3 is 2.51 bits per heavy atom. The molecule has 2 aromatic carbocycles. The molecule has 1 atom stereocenters. The van der Waals surface area contributed by atoms with Crippen LogP contribution in [0.5, 0.6) is 5.75 Å². The SMILES string of the molecule is COc1ccc(S(=O)(=O)N2CCCC(C(=O)NCc3c(C)nn(Cc4ccccc4)c3C)C2)cc1. The molecule has 3 aromatic rings. The number of amides is 1. The largest absolute Gasteiger partial charge is 0.497 e. The number of rotatable bonds is 8. The second-order valence-electron chi connectivity index (χ2n) is 8.89. The van der Waals surface area contributed by atoms with Gasteiger partial charge >= 0.3 is 0 Å². The molecule has 0 radical (unpaired) electrons. The maximum absolute atomic E-state index is 13.1. The van der Waals surface area contributed by atoms with E-state index in [9.17, 15) is 13.2 Å². The number of carbonyl (C=O) groups is 1. The number of benzene rings is 2. The molecular weight excluding hydrogens is 464 g/mol. The molecule has 186 valence electrons. The predicted octanol–water partition coefficient (Wildman–Crippen LogP) is 3.27. The first-order valence-corrected chi connectivity index (χ1v) is 13.2. The number of nitrogens with zero attached hydrogens (tertiary/aromatic N) is 3. The minimum Gasteiger partial charge on any atom is -0.497 e. The van der Waals surface area contributed by atoms with Crippen LogP contribution in [0.4, 0.5) is 0 Å². The Morgan fingerprint density at radius 1 is 1.11 bits per heavy atom. The molecule has 1 amide bonds. The van der Waals surface area contributed by atoms with Gasteiger partial charge in [0.1, 0.15) is 5.75 Å². The lowest BCUT2D eigenvalue weighted by Crippen LogP contribution is -2.45. The van der Waals surface area contributed by atoms with Gasteiger partial charge in [0.2, 0.25) is 15.9 Å². The van der Waals surface area contributed by atoms with Crippen molar-refractivity contribution in [3.05, 3.63) is 77.1 Å². The van der Waals surface area contributed by atoms with Crippen LogP contribution in [0.15, 0.2) is 59.5 Å². The molecule has 1 aromatic heterocycles. The first kappa shape index (κ1) is 24.9. The van der Waals surface area contributed by atoms with Crippen LogP contribution in [0.1, 0.15) is 35.4 Å². The number of hydrogen-bond donors (Lipinski definition) is 1. The Labute approximate surface area is 207 Å². The van der Waals surface area contributed by atoms with Crippen LogP contribution in [0.25, 0.3) is 0 Å². The second kappa shape index (κ2) is 10.6. The quantitative estimate of drug-likeness (QED) is 0.517. The Morgan fingerprint density at radius 2 is 1.83 bits per heavy atom. The molecule has 1 aliphatic rings. The van der Waals surface area contributed by atoms with Crippen LogP contribution in [0.2, 0.25) is 0 Å². The highest BCUT2D eigenvalue weighted by molar-refractivity contribution is 7.89. The van der Waals surface area contributed by atoms with Crippen LogP contribution in [0, 0.1) is 19.8 Å². The summed E-state index contributed by atoms with van der Waals surface area (Å²) < 4.78 is 34.7. The maximum atomic E-state index is 13.1. The Balaban J connectivity index is 1.39. The van der Waals surface area contributed by atoms with Gasteiger partial charge in [0.05, 0.1) is 30.2 Å². The molecule has 1 saturated heterocycles. The normalized spacial score (nSPS) is 16.7. The van der Waals surface area contributed by atoms with E-state index in [-0.39, 0.29) is 17.3 Å². The fourth-order valence-corrected chi connectivity index (χ4v) is 6.02. The smallest absolute Gasteiger partial charge is 0.243 e. The zero-order valence-corrected chi connectivity index (χ0v) is 21.2. The van der Waals surface area contributed by atoms with Gasteiger partial charge in [0.25, 0.3) is 0 Å². The highest BCUT2D eigenvalue weighted by Gasteiger charge is 2.33. The van der Waals surface area contributed by atoms with E-state index in [4.69, 9.17) is 4.74 Å². The number of methoxy groups -OCH3 is 1. The summed E-state index contributed by atoms with van der Waals surface area (Å²) in [5.41, 5.74) is 4.05. The summed E-state index contributed by atoms with van der Waals surface area (Å²) in [4.78, 5) is 13.2. The van der Waals surface area contributed by atoms with Gasteiger partial charge in [0, 0.05) is 30.9 Å². The molecule has 1 aliphatic heterocycles. The van der Waals surface area contributed by atoms with Crippen molar-refractivity contribution in [2.45, 2.75) is 44.7 Å². The van der Waals surface area contributed by atoms with Crippen LogP contribution in [-0.2, 0) is 27.9 Å². The highest BCUT2D eigenvalue weighted by atomic mass is 32.2. The molecule has 4 rings (SSSR count). The van der Waals surface area contributed by atoms with Gasteiger partial charge < -0.3 is 10.1 Å². The molecule has 8 nitrogen and oxygen atoms in total. The van der Waals surface area contributed by atoms with Crippen molar-refractivity contribution in [3.8, 4) is 5.75 Å². The number of aromatic nitrogens is 2. The maximum Gasteiger partial charge on any atom is 0.243 e. The third kappa shape index (κ3) is 5.57. The summed E-state index contributed by atoms with van der Waals surface area (Å²) >= 11 is 0. The van der Waals surface area contributed by atoms with Crippen molar-refractivity contribution in [2.24, 2.45) is 5.92 Å². The number of nitrogens with one attached hydrogen (secondary N) is 1. The van der Waals surface area contributed by atoms with Gasteiger partial charge in [-0.1, -0.05) is 30.3 Å². The van der Waals surface area contributed by atoms with Crippen molar-refractivity contribution in [1.82, 2.24) is 19.4 Å². The van der Waals surface area contributed by atoms with Crippen molar-refractivity contribution in [2.75, 3.05) is 20.2 Å². The lowest BCUT2D eigenvalue weighted by molar-refractivity contribution is -0.126. The van der Waals surface area contributed by atoms with Crippen LogP contribution in [0.3, 0.4) is 0 Å². The van der Waals surface area contributed by atoms with Gasteiger partial charge in [-0.25, -0.2) is 8.42 Å². The van der Waals surface area contributed by atoms with E-state index >= 15 is 0 Å². The molecule has 1 unspecified atom stereocenters. The summed E-state index contributed by atoms with van der Waals surface area (Å²) in [6.45, 7) is 5.57. The van der Waals surface area contributed by atoms with Crippen molar-refractivity contribution < 1.29 is 17.9 Å². The zero-order valence-electron chi connectivity index (χ0n) is 20.4. The standard InChI is InChI=1S/C26H32N4O4S/c1-19-25(20(2)30(28-19)17-21-8-5-4-6-9-21)16-27-26(31)22-10-7-15-29(18-22)35(32,33)24-13-11-23(34-3)12-14-24/h4-6,8-9,11-14,22H,7,10,15-18H2,1-3H3,(H,27,31). The molecule has 9 heteroatoms. The molecule has 0 spiro atoms. The number of hydrogen-bond acceptors (Lipinski definition) is 5. The number of ether oxygens (including phenoxy) is 1. The lowest BCUT2D eigenvalue weighted by Gasteiger charge is -2.31. The summed E-state index contributed by atoms with van der Waals surface area (Å²) in [6.07, 6.45) is 1.30. The van der Waals surface area contributed by atoms with Gasteiger partial charge in [-0.3, -0.25) is 9.48 Å². The number of sulfonamides is 1. The van der Waals surface area contributed by atoms with Crippen LogP contribution >= 0.6 is 0 Å². The fourth-order valence-electron chi connectivity index (χ4n) is 4.49. The molecule has 1 N–H and O–H groups in total. The third-order valence-electron chi connectivity index (χ3n) is 6.60. The molecule has 0 saturated carbocycles. The predicted molar refractivity (Wildman–Crippen MR) is 134 cm³/mol. The lowest BCUT2D eigenvalue weighted by atomic mass is 9.98. The monoisotopic (exact) mass is 496 g/mol. The van der Waals surface area contributed by atoms with Crippen molar-refractivity contribution in [1.29, 1.82) is 0 Å². The van der Waals surface area contributed by atoms with E-state index in [1.54, 1.807) is 12.1 Å². The van der Waals surface area contributed by atoms with Gasteiger partial charge in [0.15, 0.2) is 0 Å². The van der Waals surface area contributed by atoms with Crippen LogP contribution < -0.4 is 10.1 Å². The summed E-state index contributed by atoms with van der Waals surface area (Å²) in [5.74, 6) is 0.0727. The number of piperidine rings is 1. The summed E-state index contributed by atoms with van der Waals surface area (Å²) in [5, 5.41) is 7.68. The molecule has 0 aliphatic carbocycles. The second-order valence-corrected chi connectivity index (χ2v) is 10.8. The van der Waals surface area contributed by atoms with Gasteiger partial charge in [-0.15, -0.1) is 0 Å². The van der Waals surface area contributed by atoms with E-state index in [0.29, 0.717) is 38.2 Å². The minimum absolute atomic E-state index is 0.130. The molecule has 0 bridgehead atoms. The Bertz CT molecular complexity index is 1270. The van der Waals surface area contributed by atoms with Crippen LogP contribution in [-0.4, -0.2) is 48.6 Å². The summed E-state index contributed by atoms with van der Waals surface area (Å²) in [6, 6.07) is 16.5.